The lowest BCUT2D eigenvalue weighted by Gasteiger charge is -2.19. The zero-order valence-corrected chi connectivity index (χ0v) is 17.3. The first-order valence-electron chi connectivity index (χ1n) is 9.64. The number of carbonyl (C=O) groups excluding carboxylic acids is 1. The second kappa shape index (κ2) is 8.92. The van der Waals surface area contributed by atoms with Crippen LogP contribution in [0, 0.1) is 0 Å². The molecule has 1 amide bonds. The van der Waals surface area contributed by atoms with Crippen molar-refractivity contribution in [3.05, 3.63) is 51.9 Å². The highest BCUT2D eigenvalue weighted by molar-refractivity contribution is 7.99. The predicted octanol–water partition coefficient (Wildman–Crippen LogP) is 4.29. The van der Waals surface area contributed by atoms with Crippen LogP contribution in [0.15, 0.2) is 40.5 Å². The molecule has 4 rings (SSSR count). The second-order valence-electron chi connectivity index (χ2n) is 7.00. The van der Waals surface area contributed by atoms with Crippen LogP contribution in [0.2, 0.25) is 0 Å². The van der Waals surface area contributed by atoms with Crippen molar-refractivity contribution in [2.45, 2.75) is 31.4 Å². The van der Waals surface area contributed by atoms with Crippen LogP contribution in [-0.4, -0.2) is 39.6 Å². The zero-order chi connectivity index (χ0) is 19.3. The van der Waals surface area contributed by atoms with E-state index in [9.17, 15) is 9.59 Å². The predicted molar refractivity (Wildman–Crippen MR) is 117 cm³/mol. The minimum absolute atomic E-state index is 0.112. The van der Waals surface area contributed by atoms with Gasteiger partial charge in [-0.05, 0) is 18.4 Å². The number of hydrogen-bond donors (Lipinski definition) is 1. The van der Waals surface area contributed by atoms with Gasteiger partial charge in [-0.1, -0.05) is 43.2 Å². The summed E-state index contributed by atoms with van der Waals surface area (Å²) in [5.41, 5.74) is 1.83. The summed E-state index contributed by atoms with van der Waals surface area (Å²) in [6.07, 6.45) is 4.63. The Morgan fingerprint density at radius 3 is 2.64 bits per heavy atom. The Hall–Kier alpha value is -2.12. The summed E-state index contributed by atoms with van der Waals surface area (Å²) in [6.45, 7) is 1.75. The van der Waals surface area contributed by atoms with Crippen LogP contribution in [0.3, 0.4) is 0 Å². The van der Waals surface area contributed by atoms with E-state index in [1.807, 2.05) is 40.6 Å². The molecule has 2 aromatic heterocycles. The number of benzene rings is 1. The fourth-order valence-corrected chi connectivity index (χ4v) is 5.29. The third kappa shape index (κ3) is 4.31. The number of likely N-dealkylation sites (tertiary alicyclic amines) is 1. The molecule has 0 unspecified atom stereocenters. The van der Waals surface area contributed by atoms with Gasteiger partial charge in [0.15, 0.2) is 0 Å². The number of H-pyrrole nitrogens is 1. The minimum atomic E-state index is -0.112. The molecule has 3 aromatic rings. The molecule has 0 saturated carbocycles. The maximum Gasteiger partial charge on any atom is 0.260 e. The van der Waals surface area contributed by atoms with Gasteiger partial charge in [-0.15, -0.1) is 23.1 Å². The highest BCUT2D eigenvalue weighted by Crippen LogP contribution is 2.30. The second-order valence-corrected chi connectivity index (χ2v) is 8.84. The molecule has 0 atom stereocenters. The first-order valence-corrected chi connectivity index (χ1v) is 11.7. The largest absolute Gasteiger partial charge is 0.342 e. The van der Waals surface area contributed by atoms with E-state index in [2.05, 4.69) is 9.97 Å². The van der Waals surface area contributed by atoms with Crippen LogP contribution in [0.1, 0.15) is 31.5 Å². The summed E-state index contributed by atoms with van der Waals surface area (Å²) >= 11 is 3.00. The molecular weight excluding hydrogens is 390 g/mol. The number of thiophene rings is 1. The molecule has 0 spiro atoms. The smallest absolute Gasteiger partial charge is 0.260 e. The van der Waals surface area contributed by atoms with Crippen molar-refractivity contribution in [3.63, 3.8) is 0 Å². The topological polar surface area (TPSA) is 66.1 Å². The maximum atomic E-state index is 12.7. The molecule has 5 nitrogen and oxygen atoms in total. The van der Waals surface area contributed by atoms with Crippen LogP contribution in [-0.2, 0) is 10.5 Å². The molecule has 7 heteroatoms. The Balaban J connectivity index is 1.44. The molecule has 0 aliphatic carbocycles. The number of nitrogens with one attached hydrogen (secondary N) is 1. The first-order chi connectivity index (χ1) is 13.7. The SMILES string of the molecule is O=C(CSCc1nc2scc(-c3ccccc3)c2c(=O)[nH]1)N1CCCCCC1. The Bertz CT molecular complexity index is 1010. The molecule has 1 aliphatic heterocycles. The number of carbonyl (C=O) groups is 1. The van der Waals surface area contributed by atoms with E-state index < -0.39 is 0 Å². The average Bonchev–Trinajstić information content (AvgIpc) is 2.95. The number of hydrogen-bond acceptors (Lipinski definition) is 5. The van der Waals surface area contributed by atoms with Gasteiger partial charge in [0.2, 0.25) is 5.91 Å². The monoisotopic (exact) mass is 413 g/mol. The van der Waals surface area contributed by atoms with Crippen molar-refractivity contribution in [1.82, 2.24) is 14.9 Å². The van der Waals surface area contributed by atoms with Crippen molar-refractivity contribution in [2.24, 2.45) is 0 Å². The fourth-order valence-electron chi connectivity index (χ4n) is 3.54. The number of rotatable bonds is 5. The fraction of sp³-hybridized carbons (Fsp3) is 0.381. The molecule has 146 valence electrons. The number of thioether (sulfide) groups is 1. The summed E-state index contributed by atoms with van der Waals surface area (Å²) in [7, 11) is 0. The molecule has 28 heavy (non-hydrogen) atoms. The van der Waals surface area contributed by atoms with E-state index in [4.69, 9.17) is 0 Å². The Morgan fingerprint density at radius 1 is 1.14 bits per heavy atom. The Kier molecular flexibility index (Phi) is 6.12. The Labute approximate surface area is 172 Å². The highest BCUT2D eigenvalue weighted by atomic mass is 32.2. The maximum absolute atomic E-state index is 12.7. The van der Waals surface area contributed by atoms with Crippen molar-refractivity contribution in [1.29, 1.82) is 0 Å². The average molecular weight is 414 g/mol. The van der Waals surface area contributed by atoms with Crippen LogP contribution in [0.5, 0.6) is 0 Å². The molecule has 1 fully saturated rings. The van der Waals surface area contributed by atoms with E-state index in [1.165, 1.54) is 35.9 Å². The summed E-state index contributed by atoms with van der Waals surface area (Å²) in [5.74, 6) is 1.79. The quantitative estimate of drug-likeness (QED) is 0.678. The van der Waals surface area contributed by atoms with E-state index in [1.54, 1.807) is 0 Å². The van der Waals surface area contributed by atoms with Crippen molar-refractivity contribution >= 4 is 39.2 Å². The highest BCUT2D eigenvalue weighted by Gasteiger charge is 2.16. The van der Waals surface area contributed by atoms with E-state index in [0.29, 0.717) is 22.7 Å². The van der Waals surface area contributed by atoms with E-state index >= 15 is 0 Å². The number of nitrogens with zero attached hydrogens (tertiary/aromatic N) is 2. The number of amides is 1. The molecule has 1 aliphatic rings. The summed E-state index contributed by atoms with van der Waals surface area (Å²) in [4.78, 5) is 35.3. The standard InChI is InChI=1S/C21H23N3O2S2/c25-18(24-10-6-1-2-7-11-24)14-27-13-17-22-20(26)19-16(12-28-21(19)23-17)15-8-4-3-5-9-15/h3-5,8-9,12H,1-2,6-7,10-11,13-14H2,(H,22,23,26). The summed E-state index contributed by atoms with van der Waals surface area (Å²) in [5, 5.41) is 2.63. The van der Waals surface area contributed by atoms with Crippen LogP contribution >= 0.6 is 23.1 Å². The van der Waals surface area contributed by atoms with Gasteiger partial charge in [0, 0.05) is 24.0 Å². The van der Waals surface area contributed by atoms with Gasteiger partial charge in [-0.2, -0.15) is 0 Å². The normalized spacial score (nSPS) is 14.9. The number of aromatic amines is 1. The van der Waals surface area contributed by atoms with Gasteiger partial charge < -0.3 is 9.88 Å². The first kappa shape index (κ1) is 19.2. The molecule has 3 heterocycles. The van der Waals surface area contributed by atoms with Crippen LogP contribution in [0.25, 0.3) is 21.3 Å². The van der Waals surface area contributed by atoms with Crippen molar-refractivity contribution < 1.29 is 4.79 Å². The van der Waals surface area contributed by atoms with Gasteiger partial charge in [0.05, 0.1) is 16.9 Å². The van der Waals surface area contributed by atoms with Gasteiger partial charge in [-0.3, -0.25) is 9.59 Å². The lowest BCUT2D eigenvalue weighted by atomic mass is 10.1. The third-order valence-corrected chi connectivity index (χ3v) is 6.80. The van der Waals surface area contributed by atoms with E-state index in [0.717, 1.165) is 41.9 Å². The zero-order valence-electron chi connectivity index (χ0n) is 15.6. The molecule has 1 N–H and O–H groups in total. The van der Waals surface area contributed by atoms with Gasteiger partial charge in [0.25, 0.3) is 5.56 Å². The van der Waals surface area contributed by atoms with Crippen molar-refractivity contribution in [3.8, 4) is 11.1 Å². The molecule has 1 aromatic carbocycles. The van der Waals surface area contributed by atoms with Crippen LogP contribution < -0.4 is 5.56 Å². The molecule has 0 radical (unpaired) electrons. The van der Waals surface area contributed by atoms with Crippen molar-refractivity contribution in [2.75, 3.05) is 18.8 Å². The lowest BCUT2D eigenvalue weighted by molar-refractivity contribution is -0.128. The van der Waals surface area contributed by atoms with Crippen LogP contribution in [0.4, 0.5) is 0 Å². The number of aromatic nitrogens is 2. The summed E-state index contributed by atoms with van der Waals surface area (Å²) < 4.78 is 0. The minimum Gasteiger partial charge on any atom is -0.342 e. The van der Waals surface area contributed by atoms with Gasteiger partial charge in [0.1, 0.15) is 10.7 Å². The Morgan fingerprint density at radius 2 is 1.89 bits per heavy atom. The molecule has 0 bridgehead atoms. The number of fused-ring (bicyclic) bond motifs is 1. The van der Waals surface area contributed by atoms with E-state index in [-0.39, 0.29) is 11.5 Å². The lowest BCUT2D eigenvalue weighted by Crippen LogP contribution is -2.33. The third-order valence-electron chi connectivity index (χ3n) is 5.00. The van der Waals surface area contributed by atoms with Gasteiger partial charge in [-0.25, -0.2) is 4.98 Å². The molecular formula is C21H23N3O2S2. The van der Waals surface area contributed by atoms with Gasteiger partial charge >= 0.3 is 0 Å². The summed E-state index contributed by atoms with van der Waals surface area (Å²) in [6, 6.07) is 9.89. The molecule has 1 saturated heterocycles.